The summed E-state index contributed by atoms with van der Waals surface area (Å²) in [6.07, 6.45) is 0.786. The van der Waals surface area contributed by atoms with Gasteiger partial charge in [0.1, 0.15) is 0 Å². The van der Waals surface area contributed by atoms with Gasteiger partial charge in [-0.2, -0.15) is 0 Å². The molecule has 0 fully saturated rings. The van der Waals surface area contributed by atoms with Gasteiger partial charge < -0.3 is 15.5 Å². The number of nitrogens with one attached hydrogen (secondary N) is 1. The number of carbonyl (C=O) groups is 2. The molecule has 0 aliphatic carbocycles. The maximum absolute atomic E-state index is 11.9. The average molecular weight is 259 g/mol. The van der Waals surface area contributed by atoms with Crippen molar-refractivity contribution in [3.63, 3.8) is 0 Å². The summed E-state index contributed by atoms with van der Waals surface area (Å²) in [6, 6.07) is -0.322. The van der Waals surface area contributed by atoms with Crippen molar-refractivity contribution < 1.29 is 19.8 Å². The van der Waals surface area contributed by atoms with Gasteiger partial charge in [0.15, 0.2) is 0 Å². The number of aliphatic hydroxyl groups excluding tert-OH is 1. The summed E-state index contributed by atoms with van der Waals surface area (Å²) in [5, 5.41) is 21.1. The molecule has 0 radical (unpaired) electrons. The standard InChI is InChI=1S/C13H25NO4/c1-5-13(6-2,12(17)18)7-11(16)14-10(8-15)9(3)4/h9-10,15H,5-8H2,1-4H3,(H,14,16)(H,17,18). The first-order chi connectivity index (χ1) is 8.32. The van der Waals surface area contributed by atoms with Crippen LogP contribution >= 0.6 is 0 Å². The van der Waals surface area contributed by atoms with E-state index in [-0.39, 0.29) is 30.9 Å². The molecule has 0 heterocycles. The highest BCUT2D eigenvalue weighted by Crippen LogP contribution is 2.30. The minimum atomic E-state index is -0.999. The smallest absolute Gasteiger partial charge is 0.310 e. The summed E-state index contributed by atoms with van der Waals surface area (Å²) < 4.78 is 0. The molecular formula is C13H25NO4. The lowest BCUT2D eigenvalue weighted by Gasteiger charge is -2.28. The second-order valence-corrected chi connectivity index (χ2v) is 5.07. The van der Waals surface area contributed by atoms with Crippen LogP contribution in [-0.2, 0) is 9.59 Å². The SMILES string of the molecule is CCC(CC)(CC(=O)NC(CO)C(C)C)C(=O)O. The van der Waals surface area contributed by atoms with Gasteiger partial charge in [-0.3, -0.25) is 9.59 Å². The van der Waals surface area contributed by atoms with E-state index in [9.17, 15) is 14.7 Å². The van der Waals surface area contributed by atoms with Crippen LogP contribution < -0.4 is 5.32 Å². The van der Waals surface area contributed by atoms with Crippen molar-refractivity contribution in [3.8, 4) is 0 Å². The van der Waals surface area contributed by atoms with Gasteiger partial charge in [0.25, 0.3) is 0 Å². The number of carboxylic acid groups (broad SMARTS) is 1. The molecule has 0 aromatic heterocycles. The van der Waals surface area contributed by atoms with E-state index in [1.807, 2.05) is 13.8 Å². The molecule has 18 heavy (non-hydrogen) atoms. The summed E-state index contributed by atoms with van der Waals surface area (Å²) in [6.45, 7) is 7.20. The summed E-state index contributed by atoms with van der Waals surface area (Å²) in [5.74, 6) is -1.14. The Bertz CT molecular complexity index is 285. The van der Waals surface area contributed by atoms with E-state index in [1.165, 1.54) is 0 Å². The summed E-state index contributed by atoms with van der Waals surface area (Å²) in [5.41, 5.74) is -0.999. The number of carboxylic acids is 1. The predicted molar refractivity (Wildman–Crippen MR) is 69.1 cm³/mol. The molecule has 5 heteroatoms. The maximum atomic E-state index is 11.9. The Kier molecular flexibility index (Phi) is 6.91. The Morgan fingerprint density at radius 1 is 1.22 bits per heavy atom. The fourth-order valence-corrected chi connectivity index (χ4v) is 1.87. The van der Waals surface area contributed by atoms with Crippen molar-refractivity contribution >= 4 is 11.9 Å². The van der Waals surface area contributed by atoms with Crippen LogP contribution in [0.5, 0.6) is 0 Å². The Morgan fingerprint density at radius 3 is 2.00 bits per heavy atom. The summed E-state index contributed by atoms with van der Waals surface area (Å²) >= 11 is 0. The van der Waals surface area contributed by atoms with E-state index in [2.05, 4.69) is 5.32 Å². The number of hydrogen-bond acceptors (Lipinski definition) is 3. The number of aliphatic hydroxyl groups is 1. The zero-order chi connectivity index (χ0) is 14.3. The lowest BCUT2D eigenvalue weighted by molar-refractivity contribution is -0.152. The van der Waals surface area contributed by atoms with Crippen molar-refractivity contribution in [2.75, 3.05) is 6.61 Å². The molecule has 1 amide bonds. The normalized spacial score (nSPS) is 13.4. The van der Waals surface area contributed by atoms with Crippen LogP contribution in [0.4, 0.5) is 0 Å². The van der Waals surface area contributed by atoms with Gasteiger partial charge in [0.05, 0.1) is 18.1 Å². The Hall–Kier alpha value is -1.10. The number of carbonyl (C=O) groups excluding carboxylic acids is 1. The molecule has 1 unspecified atom stereocenters. The van der Waals surface area contributed by atoms with Crippen LogP contribution in [0.1, 0.15) is 47.0 Å². The zero-order valence-electron chi connectivity index (χ0n) is 11.7. The van der Waals surface area contributed by atoms with Gasteiger partial charge in [0.2, 0.25) is 5.91 Å². The van der Waals surface area contributed by atoms with Crippen LogP contribution in [0.2, 0.25) is 0 Å². The minimum Gasteiger partial charge on any atom is -0.481 e. The molecule has 0 saturated heterocycles. The number of aliphatic carboxylic acids is 1. The van der Waals surface area contributed by atoms with E-state index >= 15 is 0 Å². The van der Waals surface area contributed by atoms with Crippen LogP contribution in [-0.4, -0.2) is 34.7 Å². The molecule has 0 spiro atoms. The minimum absolute atomic E-state index is 0.0431. The second kappa shape index (κ2) is 7.36. The predicted octanol–water partition coefficient (Wildman–Crippen LogP) is 1.40. The fourth-order valence-electron chi connectivity index (χ4n) is 1.87. The molecule has 0 saturated carbocycles. The molecule has 0 aromatic carbocycles. The van der Waals surface area contributed by atoms with Crippen molar-refractivity contribution in [1.29, 1.82) is 0 Å². The molecule has 1 atom stereocenters. The number of hydrogen-bond donors (Lipinski definition) is 3. The fraction of sp³-hybridized carbons (Fsp3) is 0.846. The second-order valence-electron chi connectivity index (χ2n) is 5.07. The van der Waals surface area contributed by atoms with Crippen molar-refractivity contribution in [2.24, 2.45) is 11.3 Å². The van der Waals surface area contributed by atoms with E-state index in [4.69, 9.17) is 5.11 Å². The largest absolute Gasteiger partial charge is 0.481 e. The Balaban J connectivity index is 4.67. The van der Waals surface area contributed by atoms with E-state index in [1.54, 1.807) is 13.8 Å². The summed E-state index contributed by atoms with van der Waals surface area (Å²) in [7, 11) is 0. The molecule has 0 bridgehead atoms. The third-order valence-electron chi connectivity index (χ3n) is 3.65. The van der Waals surface area contributed by atoms with Crippen molar-refractivity contribution in [1.82, 2.24) is 5.32 Å². The van der Waals surface area contributed by atoms with Crippen LogP contribution in [0.3, 0.4) is 0 Å². The molecule has 0 rings (SSSR count). The average Bonchev–Trinajstić information content (AvgIpc) is 2.32. The van der Waals surface area contributed by atoms with Crippen LogP contribution in [0.25, 0.3) is 0 Å². The van der Waals surface area contributed by atoms with Crippen LogP contribution in [0.15, 0.2) is 0 Å². The van der Waals surface area contributed by atoms with Gasteiger partial charge in [-0.05, 0) is 18.8 Å². The van der Waals surface area contributed by atoms with Gasteiger partial charge in [-0.25, -0.2) is 0 Å². The van der Waals surface area contributed by atoms with Gasteiger partial charge in [-0.1, -0.05) is 27.7 Å². The van der Waals surface area contributed by atoms with E-state index < -0.39 is 11.4 Å². The van der Waals surface area contributed by atoms with Gasteiger partial charge in [-0.15, -0.1) is 0 Å². The molecule has 3 N–H and O–H groups in total. The zero-order valence-corrected chi connectivity index (χ0v) is 11.7. The highest BCUT2D eigenvalue weighted by atomic mass is 16.4. The lowest BCUT2D eigenvalue weighted by atomic mass is 9.79. The molecule has 5 nitrogen and oxygen atoms in total. The van der Waals surface area contributed by atoms with Crippen molar-refractivity contribution in [2.45, 2.75) is 53.0 Å². The van der Waals surface area contributed by atoms with Gasteiger partial charge >= 0.3 is 5.97 Å². The molecular weight excluding hydrogens is 234 g/mol. The highest BCUT2D eigenvalue weighted by Gasteiger charge is 2.37. The first kappa shape index (κ1) is 16.9. The van der Waals surface area contributed by atoms with Crippen molar-refractivity contribution in [3.05, 3.63) is 0 Å². The first-order valence-corrected chi connectivity index (χ1v) is 6.46. The number of amides is 1. The van der Waals surface area contributed by atoms with Gasteiger partial charge in [0, 0.05) is 6.42 Å². The lowest BCUT2D eigenvalue weighted by Crippen LogP contribution is -2.44. The molecule has 0 aromatic rings. The van der Waals surface area contributed by atoms with E-state index in [0.29, 0.717) is 12.8 Å². The first-order valence-electron chi connectivity index (χ1n) is 6.46. The topological polar surface area (TPSA) is 86.6 Å². The van der Waals surface area contributed by atoms with E-state index in [0.717, 1.165) is 0 Å². The third-order valence-corrected chi connectivity index (χ3v) is 3.65. The Morgan fingerprint density at radius 2 is 1.72 bits per heavy atom. The molecule has 0 aliphatic rings. The quantitative estimate of drug-likeness (QED) is 0.615. The molecule has 106 valence electrons. The highest BCUT2D eigenvalue weighted by molar-refractivity contribution is 5.85. The maximum Gasteiger partial charge on any atom is 0.310 e. The third kappa shape index (κ3) is 4.29. The Labute approximate surface area is 109 Å². The number of rotatable bonds is 8. The monoisotopic (exact) mass is 259 g/mol. The summed E-state index contributed by atoms with van der Waals surface area (Å²) in [4.78, 5) is 23.1. The van der Waals surface area contributed by atoms with Crippen LogP contribution in [0, 0.1) is 11.3 Å². The molecule has 0 aliphatic heterocycles.